The number of aromatic nitrogens is 3. The van der Waals surface area contributed by atoms with Gasteiger partial charge >= 0.3 is 0 Å². The molecule has 0 aliphatic rings. The van der Waals surface area contributed by atoms with Crippen LogP contribution in [0.3, 0.4) is 0 Å². The van der Waals surface area contributed by atoms with E-state index in [1.54, 1.807) is 12.4 Å². The van der Waals surface area contributed by atoms with Gasteiger partial charge < -0.3 is 4.40 Å². The van der Waals surface area contributed by atoms with Gasteiger partial charge in [-0.15, -0.1) is 0 Å². The van der Waals surface area contributed by atoms with Crippen molar-refractivity contribution in [3.05, 3.63) is 52.7 Å². The fourth-order valence-electron chi connectivity index (χ4n) is 1.87. The second kappa shape index (κ2) is 3.13. The van der Waals surface area contributed by atoms with Crippen LogP contribution in [0.25, 0.3) is 16.6 Å². The van der Waals surface area contributed by atoms with Crippen molar-refractivity contribution in [2.45, 2.75) is 6.92 Å². The Morgan fingerprint density at radius 3 is 3.06 bits per heavy atom. The minimum Gasteiger partial charge on any atom is -0.305 e. The zero-order valence-electron chi connectivity index (χ0n) is 8.71. The first-order chi connectivity index (χ1) is 7.75. The predicted molar refractivity (Wildman–Crippen MR) is 61.5 cm³/mol. The van der Waals surface area contributed by atoms with Gasteiger partial charge in [0.1, 0.15) is 0 Å². The zero-order chi connectivity index (χ0) is 11.1. The Morgan fingerprint density at radius 1 is 1.31 bits per heavy atom. The number of hydrogen-bond donors (Lipinski definition) is 0. The van der Waals surface area contributed by atoms with Crippen molar-refractivity contribution in [3.63, 3.8) is 0 Å². The molecule has 0 aliphatic heterocycles. The van der Waals surface area contributed by atoms with Gasteiger partial charge in [-0.2, -0.15) is 4.98 Å². The molecule has 0 unspecified atom stereocenters. The van der Waals surface area contributed by atoms with Crippen molar-refractivity contribution in [1.29, 1.82) is 0 Å². The molecule has 0 radical (unpaired) electrons. The first kappa shape index (κ1) is 9.03. The number of nitrogens with zero attached hydrogens (tertiary/aromatic N) is 3. The van der Waals surface area contributed by atoms with E-state index in [-0.39, 0.29) is 5.56 Å². The third-order valence-corrected chi connectivity index (χ3v) is 2.62. The molecule has 4 nitrogen and oxygen atoms in total. The van der Waals surface area contributed by atoms with E-state index >= 15 is 0 Å². The molecule has 0 fully saturated rings. The van der Waals surface area contributed by atoms with Gasteiger partial charge in [0.25, 0.3) is 5.56 Å². The highest BCUT2D eigenvalue weighted by molar-refractivity contribution is 5.91. The van der Waals surface area contributed by atoms with Gasteiger partial charge in [-0.1, -0.05) is 0 Å². The van der Waals surface area contributed by atoms with Crippen LogP contribution < -0.4 is 5.56 Å². The number of rotatable bonds is 0. The summed E-state index contributed by atoms with van der Waals surface area (Å²) in [4.78, 5) is 19.6. The van der Waals surface area contributed by atoms with Gasteiger partial charge in [0.05, 0.1) is 5.52 Å². The van der Waals surface area contributed by atoms with Gasteiger partial charge in [0.2, 0.25) is 0 Å². The minimum absolute atomic E-state index is 0.226. The van der Waals surface area contributed by atoms with Crippen LogP contribution in [0.4, 0.5) is 0 Å². The van der Waals surface area contributed by atoms with Crippen molar-refractivity contribution >= 4 is 16.6 Å². The van der Waals surface area contributed by atoms with Crippen LogP contribution in [0, 0.1) is 6.92 Å². The van der Waals surface area contributed by atoms with Gasteiger partial charge in [-0.05, 0) is 25.1 Å². The van der Waals surface area contributed by atoms with Crippen LogP contribution in [-0.2, 0) is 0 Å². The Bertz CT molecular complexity index is 746. The number of fused-ring (bicyclic) bond motifs is 3. The summed E-state index contributed by atoms with van der Waals surface area (Å²) in [6.45, 7) is 1.97. The molecule has 0 spiro atoms. The highest BCUT2D eigenvalue weighted by Gasteiger charge is 2.04. The van der Waals surface area contributed by atoms with Crippen LogP contribution in [0.5, 0.6) is 0 Å². The van der Waals surface area contributed by atoms with E-state index in [1.165, 1.54) is 6.07 Å². The molecule has 3 heterocycles. The molecule has 0 saturated carbocycles. The fourth-order valence-corrected chi connectivity index (χ4v) is 1.87. The second-order valence-electron chi connectivity index (χ2n) is 3.68. The Kier molecular flexibility index (Phi) is 1.77. The van der Waals surface area contributed by atoms with E-state index in [2.05, 4.69) is 9.97 Å². The average molecular weight is 211 g/mol. The molecule has 0 aliphatic carbocycles. The third-order valence-electron chi connectivity index (χ3n) is 2.62. The fraction of sp³-hybridized carbons (Fsp3) is 0.0833. The first-order valence-corrected chi connectivity index (χ1v) is 4.99. The summed E-state index contributed by atoms with van der Waals surface area (Å²) in [5, 5.41) is 0.894. The Hall–Kier alpha value is -2.23. The van der Waals surface area contributed by atoms with Gasteiger partial charge in [0, 0.05) is 29.5 Å². The summed E-state index contributed by atoms with van der Waals surface area (Å²) in [6, 6.07) is 7.21. The standard InChI is InChI=1S/C12H9N3O/c1-8-7-10-9(3-2-5-13-10)12-14-11(16)4-6-15(8)12/h2-7H,1H3. The van der Waals surface area contributed by atoms with Gasteiger partial charge in [0.15, 0.2) is 5.65 Å². The molecule has 3 aromatic rings. The molecular formula is C12H9N3O. The Morgan fingerprint density at radius 2 is 2.19 bits per heavy atom. The summed E-state index contributed by atoms with van der Waals surface area (Å²) >= 11 is 0. The van der Waals surface area contributed by atoms with Crippen molar-refractivity contribution in [2.75, 3.05) is 0 Å². The average Bonchev–Trinajstić information content (AvgIpc) is 2.29. The van der Waals surface area contributed by atoms with E-state index in [4.69, 9.17) is 0 Å². The summed E-state index contributed by atoms with van der Waals surface area (Å²) in [5.41, 5.74) is 2.30. The Balaban J connectivity index is 2.66. The first-order valence-electron chi connectivity index (χ1n) is 4.99. The highest BCUT2D eigenvalue weighted by atomic mass is 16.1. The maximum Gasteiger partial charge on any atom is 0.273 e. The normalized spacial score (nSPS) is 11.1. The molecule has 4 heteroatoms. The summed E-state index contributed by atoms with van der Waals surface area (Å²) in [7, 11) is 0. The zero-order valence-corrected chi connectivity index (χ0v) is 8.71. The molecule has 0 atom stereocenters. The van der Waals surface area contributed by atoms with Crippen LogP contribution in [0.15, 0.2) is 41.5 Å². The second-order valence-corrected chi connectivity index (χ2v) is 3.68. The summed E-state index contributed by atoms with van der Waals surface area (Å²) in [6.07, 6.45) is 3.48. The monoisotopic (exact) mass is 211 g/mol. The molecule has 0 amide bonds. The third kappa shape index (κ3) is 1.20. The maximum atomic E-state index is 11.3. The van der Waals surface area contributed by atoms with E-state index in [1.807, 2.05) is 29.5 Å². The van der Waals surface area contributed by atoms with E-state index in [9.17, 15) is 4.79 Å². The highest BCUT2D eigenvalue weighted by Crippen LogP contribution is 2.17. The lowest BCUT2D eigenvalue weighted by molar-refractivity contribution is 1.03. The molecule has 0 aromatic carbocycles. The lowest BCUT2D eigenvalue weighted by Gasteiger charge is -2.06. The molecule has 78 valence electrons. The molecular weight excluding hydrogens is 202 g/mol. The van der Waals surface area contributed by atoms with Gasteiger partial charge in [-0.25, -0.2) is 0 Å². The molecule has 3 aromatic heterocycles. The topological polar surface area (TPSA) is 47.3 Å². The van der Waals surface area contributed by atoms with Crippen molar-refractivity contribution < 1.29 is 0 Å². The maximum absolute atomic E-state index is 11.3. The molecule has 0 bridgehead atoms. The molecule has 0 N–H and O–H groups in total. The van der Waals surface area contributed by atoms with E-state index in [0.29, 0.717) is 5.65 Å². The SMILES string of the molecule is Cc1cc2ncccc2c2nc(=O)ccn12. The number of aryl methyl sites for hydroxylation is 1. The van der Waals surface area contributed by atoms with Crippen LogP contribution in [0.2, 0.25) is 0 Å². The van der Waals surface area contributed by atoms with Crippen molar-refractivity contribution in [2.24, 2.45) is 0 Å². The predicted octanol–water partition coefficient (Wildman–Crippen LogP) is 1.55. The van der Waals surface area contributed by atoms with E-state index < -0.39 is 0 Å². The number of pyridine rings is 2. The van der Waals surface area contributed by atoms with Crippen molar-refractivity contribution in [3.8, 4) is 0 Å². The van der Waals surface area contributed by atoms with Crippen molar-refractivity contribution in [1.82, 2.24) is 14.4 Å². The lowest BCUT2D eigenvalue weighted by Crippen LogP contribution is -2.08. The van der Waals surface area contributed by atoms with Crippen LogP contribution in [-0.4, -0.2) is 14.4 Å². The minimum atomic E-state index is -0.226. The van der Waals surface area contributed by atoms with Crippen LogP contribution >= 0.6 is 0 Å². The summed E-state index contributed by atoms with van der Waals surface area (Å²) < 4.78 is 1.89. The van der Waals surface area contributed by atoms with E-state index in [0.717, 1.165) is 16.6 Å². The quantitative estimate of drug-likeness (QED) is 0.530. The lowest BCUT2D eigenvalue weighted by atomic mass is 10.2. The smallest absolute Gasteiger partial charge is 0.273 e. The van der Waals surface area contributed by atoms with Gasteiger partial charge in [-0.3, -0.25) is 9.78 Å². The summed E-state index contributed by atoms with van der Waals surface area (Å²) in [5.74, 6) is 0. The largest absolute Gasteiger partial charge is 0.305 e. The Labute approximate surface area is 91.2 Å². The molecule has 0 saturated heterocycles. The molecule has 3 rings (SSSR count). The molecule has 16 heavy (non-hydrogen) atoms. The van der Waals surface area contributed by atoms with Crippen LogP contribution in [0.1, 0.15) is 5.69 Å². The number of hydrogen-bond acceptors (Lipinski definition) is 3.